The molecular weight excluding hydrogens is 340 g/mol. The number of nitrogens with one attached hydrogen (secondary N) is 1. The highest BCUT2D eigenvalue weighted by atomic mass is 16.2. The van der Waals surface area contributed by atoms with Crippen molar-refractivity contribution in [2.24, 2.45) is 7.05 Å². The lowest BCUT2D eigenvalue weighted by Gasteiger charge is -2.32. The maximum Gasteiger partial charge on any atom is 0.321 e. The molecule has 1 unspecified atom stereocenters. The van der Waals surface area contributed by atoms with E-state index in [9.17, 15) is 4.79 Å². The van der Waals surface area contributed by atoms with E-state index in [1.807, 2.05) is 44.2 Å². The third kappa shape index (κ3) is 4.47. The van der Waals surface area contributed by atoms with Gasteiger partial charge >= 0.3 is 6.03 Å². The van der Waals surface area contributed by atoms with Crippen LogP contribution >= 0.6 is 0 Å². The molecule has 3 rings (SSSR count). The van der Waals surface area contributed by atoms with Crippen LogP contribution < -0.4 is 5.32 Å². The van der Waals surface area contributed by atoms with Crippen LogP contribution in [0.5, 0.6) is 0 Å². The second kappa shape index (κ2) is 8.52. The Labute approximate surface area is 161 Å². The molecule has 1 aliphatic rings. The summed E-state index contributed by atoms with van der Waals surface area (Å²) in [5, 5.41) is 11.9. The molecule has 146 valence electrons. The van der Waals surface area contributed by atoms with Gasteiger partial charge in [-0.2, -0.15) is 0 Å². The zero-order chi connectivity index (χ0) is 19.4. The zero-order valence-corrected chi connectivity index (χ0v) is 16.8. The molecule has 1 aromatic heterocycles. The smallest absolute Gasteiger partial charge is 0.321 e. The SMILES string of the molecule is CCc1ccccc1NC(=O)N1CCCC(c2nnc(CN(C)C)n2C)C1. The summed E-state index contributed by atoms with van der Waals surface area (Å²) in [6.45, 7) is 4.31. The van der Waals surface area contributed by atoms with E-state index in [-0.39, 0.29) is 11.9 Å². The summed E-state index contributed by atoms with van der Waals surface area (Å²) in [6.07, 6.45) is 2.90. The van der Waals surface area contributed by atoms with Crippen LogP contribution in [0.25, 0.3) is 0 Å². The molecule has 1 aliphatic heterocycles. The number of carbonyl (C=O) groups is 1. The van der Waals surface area contributed by atoms with Crippen molar-refractivity contribution in [3.05, 3.63) is 41.5 Å². The molecule has 0 aliphatic carbocycles. The Morgan fingerprint density at radius 2 is 2.07 bits per heavy atom. The van der Waals surface area contributed by atoms with Gasteiger partial charge in [-0.3, -0.25) is 0 Å². The molecule has 1 atom stereocenters. The number of para-hydroxylation sites is 1. The van der Waals surface area contributed by atoms with Crippen molar-refractivity contribution in [3.63, 3.8) is 0 Å². The fraction of sp³-hybridized carbons (Fsp3) is 0.550. The van der Waals surface area contributed by atoms with E-state index < -0.39 is 0 Å². The average molecular weight is 371 g/mol. The van der Waals surface area contributed by atoms with Gasteiger partial charge < -0.3 is 19.7 Å². The van der Waals surface area contributed by atoms with Crippen molar-refractivity contribution >= 4 is 11.7 Å². The largest absolute Gasteiger partial charge is 0.324 e. The predicted octanol–water partition coefficient (Wildman–Crippen LogP) is 2.85. The van der Waals surface area contributed by atoms with Crippen molar-refractivity contribution in [3.8, 4) is 0 Å². The number of rotatable bonds is 5. The number of piperidine rings is 1. The Hall–Kier alpha value is -2.41. The van der Waals surface area contributed by atoms with Crippen molar-refractivity contribution in [1.82, 2.24) is 24.6 Å². The Kier molecular flexibility index (Phi) is 6.11. The number of hydrogen-bond acceptors (Lipinski definition) is 4. The van der Waals surface area contributed by atoms with Gasteiger partial charge in [-0.15, -0.1) is 10.2 Å². The standard InChI is InChI=1S/C20H30N6O/c1-5-15-9-6-7-11-17(15)21-20(27)26-12-8-10-16(13-26)19-23-22-18(25(19)4)14-24(2)3/h6-7,9,11,16H,5,8,10,12-14H2,1-4H3,(H,21,27). The van der Waals surface area contributed by atoms with Crippen LogP contribution in [0, 0.1) is 0 Å². The first-order valence-corrected chi connectivity index (χ1v) is 9.66. The summed E-state index contributed by atoms with van der Waals surface area (Å²) >= 11 is 0. The summed E-state index contributed by atoms with van der Waals surface area (Å²) < 4.78 is 2.08. The first kappa shape index (κ1) is 19.4. The van der Waals surface area contributed by atoms with Gasteiger partial charge in [-0.05, 0) is 45.0 Å². The normalized spacial score (nSPS) is 17.4. The molecule has 1 saturated heterocycles. The van der Waals surface area contributed by atoms with Gasteiger partial charge in [0.05, 0.1) is 6.54 Å². The third-order valence-electron chi connectivity index (χ3n) is 5.17. The molecule has 1 aromatic carbocycles. The van der Waals surface area contributed by atoms with E-state index in [0.717, 1.165) is 55.3 Å². The van der Waals surface area contributed by atoms with Gasteiger partial charge in [0.15, 0.2) is 0 Å². The van der Waals surface area contributed by atoms with Gasteiger partial charge in [0, 0.05) is 31.7 Å². The average Bonchev–Trinajstić information content (AvgIpc) is 3.02. The lowest BCUT2D eigenvalue weighted by Crippen LogP contribution is -2.42. The van der Waals surface area contributed by atoms with E-state index >= 15 is 0 Å². The summed E-state index contributed by atoms with van der Waals surface area (Å²) in [7, 11) is 6.06. The predicted molar refractivity (Wildman–Crippen MR) is 107 cm³/mol. The lowest BCUT2D eigenvalue weighted by atomic mass is 9.97. The molecule has 1 N–H and O–H groups in total. The number of hydrogen-bond donors (Lipinski definition) is 1. The van der Waals surface area contributed by atoms with Gasteiger partial charge in [-0.25, -0.2) is 4.79 Å². The van der Waals surface area contributed by atoms with Crippen molar-refractivity contribution < 1.29 is 4.79 Å². The summed E-state index contributed by atoms with van der Waals surface area (Å²) in [5.74, 6) is 2.14. The van der Waals surface area contributed by atoms with E-state index in [4.69, 9.17) is 0 Å². The molecule has 2 heterocycles. The van der Waals surface area contributed by atoms with Crippen LogP contribution in [0.4, 0.5) is 10.5 Å². The number of amides is 2. The van der Waals surface area contributed by atoms with Gasteiger partial charge in [0.2, 0.25) is 0 Å². The fourth-order valence-corrected chi connectivity index (χ4v) is 3.67. The topological polar surface area (TPSA) is 66.3 Å². The van der Waals surface area contributed by atoms with E-state index in [1.165, 1.54) is 0 Å². The third-order valence-corrected chi connectivity index (χ3v) is 5.17. The van der Waals surface area contributed by atoms with Crippen LogP contribution in [0.15, 0.2) is 24.3 Å². The second-order valence-corrected chi connectivity index (χ2v) is 7.50. The molecule has 2 aromatic rings. The van der Waals surface area contributed by atoms with Crippen LogP contribution in [-0.4, -0.2) is 57.8 Å². The molecule has 27 heavy (non-hydrogen) atoms. The molecule has 0 saturated carbocycles. The number of benzene rings is 1. The zero-order valence-electron chi connectivity index (χ0n) is 16.8. The Morgan fingerprint density at radius 1 is 1.30 bits per heavy atom. The van der Waals surface area contributed by atoms with Crippen molar-refractivity contribution in [2.75, 3.05) is 32.5 Å². The van der Waals surface area contributed by atoms with E-state index in [1.54, 1.807) is 0 Å². The van der Waals surface area contributed by atoms with Gasteiger partial charge in [-0.1, -0.05) is 25.1 Å². The van der Waals surface area contributed by atoms with Crippen LogP contribution in [0.2, 0.25) is 0 Å². The maximum atomic E-state index is 12.8. The first-order valence-electron chi connectivity index (χ1n) is 9.66. The second-order valence-electron chi connectivity index (χ2n) is 7.50. The Morgan fingerprint density at radius 3 is 2.81 bits per heavy atom. The highest BCUT2D eigenvalue weighted by molar-refractivity contribution is 5.90. The lowest BCUT2D eigenvalue weighted by molar-refractivity contribution is 0.190. The van der Waals surface area contributed by atoms with Crippen LogP contribution in [0.3, 0.4) is 0 Å². The number of likely N-dealkylation sites (tertiary alicyclic amines) is 1. The van der Waals surface area contributed by atoms with Gasteiger partial charge in [0.1, 0.15) is 11.6 Å². The van der Waals surface area contributed by atoms with Crippen LogP contribution in [0.1, 0.15) is 42.9 Å². The molecule has 0 spiro atoms. The molecule has 2 amide bonds. The molecule has 7 nitrogen and oxygen atoms in total. The summed E-state index contributed by atoms with van der Waals surface area (Å²) in [5.41, 5.74) is 2.06. The highest BCUT2D eigenvalue weighted by Crippen LogP contribution is 2.26. The minimum absolute atomic E-state index is 0.0312. The molecule has 0 bridgehead atoms. The molecule has 0 radical (unpaired) electrons. The molecule has 7 heteroatoms. The van der Waals surface area contributed by atoms with Crippen molar-refractivity contribution in [1.29, 1.82) is 0 Å². The number of carbonyl (C=O) groups excluding carboxylic acids is 1. The number of aryl methyl sites for hydroxylation is 1. The maximum absolute atomic E-state index is 12.8. The minimum atomic E-state index is -0.0312. The Bertz CT molecular complexity index is 785. The fourth-order valence-electron chi connectivity index (χ4n) is 3.67. The quantitative estimate of drug-likeness (QED) is 0.879. The van der Waals surface area contributed by atoms with Crippen molar-refractivity contribution in [2.45, 2.75) is 38.6 Å². The molecule has 1 fully saturated rings. The number of nitrogens with zero attached hydrogens (tertiary/aromatic N) is 5. The summed E-state index contributed by atoms with van der Waals surface area (Å²) in [4.78, 5) is 16.8. The number of anilines is 1. The summed E-state index contributed by atoms with van der Waals surface area (Å²) in [6, 6.07) is 7.95. The van der Waals surface area contributed by atoms with Gasteiger partial charge in [0.25, 0.3) is 0 Å². The van der Waals surface area contributed by atoms with Crippen LogP contribution in [-0.2, 0) is 20.0 Å². The highest BCUT2D eigenvalue weighted by Gasteiger charge is 2.28. The molecular formula is C20H30N6O. The van der Waals surface area contributed by atoms with E-state index in [2.05, 4.69) is 38.0 Å². The number of aromatic nitrogens is 3. The Balaban J connectivity index is 1.69. The van der Waals surface area contributed by atoms with E-state index in [0.29, 0.717) is 6.54 Å². The first-order chi connectivity index (χ1) is 13.0. The monoisotopic (exact) mass is 370 g/mol. The number of urea groups is 1. The minimum Gasteiger partial charge on any atom is -0.324 e.